The molecular formula is C28H22N3OS+. The molecule has 1 atom stereocenters. The Kier molecular flexibility index (Phi) is 4.96. The van der Waals surface area contributed by atoms with E-state index in [0.29, 0.717) is 12.8 Å². The first-order chi connectivity index (χ1) is 16.3. The SMILES string of the molecule is O=C1C(Cc2csc3ccccc23)Nc2c(Cc3ccccc3)nc(-c3ccccc3)c[n+]21. The fourth-order valence-electron chi connectivity index (χ4n) is 4.48. The molecule has 6 rings (SSSR count). The van der Waals surface area contributed by atoms with Crippen molar-refractivity contribution in [2.24, 2.45) is 0 Å². The van der Waals surface area contributed by atoms with Gasteiger partial charge in [-0.25, -0.2) is 9.78 Å². The number of thiophene rings is 1. The summed E-state index contributed by atoms with van der Waals surface area (Å²) in [5.74, 6) is 0.863. The van der Waals surface area contributed by atoms with Gasteiger partial charge in [0.2, 0.25) is 0 Å². The van der Waals surface area contributed by atoms with Gasteiger partial charge < -0.3 is 0 Å². The highest BCUT2D eigenvalue weighted by Gasteiger charge is 2.41. The molecule has 1 aliphatic heterocycles. The van der Waals surface area contributed by atoms with Crippen LogP contribution in [0, 0.1) is 0 Å². The highest BCUT2D eigenvalue weighted by atomic mass is 32.1. The molecule has 0 saturated heterocycles. The van der Waals surface area contributed by atoms with Gasteiger partial charge in [0, 0.05) is 23.1 Å². The molecule has 4 nitrogen and oxygen atoms in total. The van der Waals surface area contributed by atoms with Crippen LogP contribution < -0.4 is 9.88 Å². The van der Waals surface area contributed by atoms with E-state index in [0.717, 1.165) is 22.8 Å². The van der Waals surface area contributed by atoms with Gasteiger partial charge in [0.15, 0.2) is 6.04 Å². The van der Waals surface area contributed by atoms with Crippen molar-refractivity contribution in [1.82, 2.24) is 4.98 Å². The average molecular weight is 449 g/mol. The van der Waals surface area contributed by atoms with Gasteiger partial charge in [0.05, 0.1) is 0 Å². The van der Waals surface area contributed by atoms with Crippen LogP contribution in [0.3, 0.4) is 0 Å². The highest BCUT2D eigenvalue weighted by molar-refractivity contribution is 7.17. The number of benzene rings is 3. The molecule has 160 valence electrons. The topological polar surface area (TPSA) is 45.9 Å². The Labute approximate surface area is 196 Å². The summed E-state index contributed by atoms with van der Waals surface area (Å²) < 4.78 is 3.02. The van der Waals surface area contributed by atoms with Crippen molar-refractivity contribution in [3.63, 3.8) is 0 Å². The lowest BCUT2D eigenvalue weighted by Gasteiger charge is -2.07. The Morgan fingerprint density at radius 3 is 2.45 bits per heavy atom. The monoisotopic (exact) mass is 448 g/mol. The van der Waals surface area contributed by atoms with E-state index in [1.54, 1.807) is 15.9 Å². The fourth-order valence-corrected chi connectivity index (χ4v) is 5.46. The molecule has 0 saturated carbocycles. The van der Waals surface area contributed by atoms with Gasteiger partial charge in [-0.2, -0.15) is 4.57 Å². The van der Waals surface area contributed by atoms with E-state index in [-0.39, 0.29) is 11.9 Å². The van der Waals surface area contributed by atoms with Gasteiger partial charge in [0.1, 0.15) is 17.6 Å². The molecule has 5 aromatic rings. The molecule has 0 radical (unpaired) electrons. The quantitative estimate of drug-likeness (QED) is 0.360. The predicted octanol–water partition coefficient (Wildman–Crippen LogP) is 5.52. The first-order valence-corrected chi connectivity index (χ1v) is 11.9. The minimum atomic E-state index is -0.314. The molecule has 0 spiro atoms. The summed E-state index contributed by atoms with van der Waals surface area (Å²) in [4.78, 5) is 18.5. The largest absolute Gasteiger partial charge is 0.359 e. The van der Waals surface area contributed by atoms with Crippen LogP contribution in [-0.4, -0.2) is 16.9 Å². The molecule has 33 heavy (non-hydrogen) atoms. The van der Waals surface area contributed by atoms with Gasteiger partial charge in [-0.15, -0.1) is 11.3 Å². The summed E-state index contributed by atoms with van der Waals surface area (Å²) >= 11 is 1.73. The number of nitrogens with zero attached hydrogens (tertiary/aromatic N) is 2. The summed E-state index contributed by atoms with van der Waals surface area (Å²) in [6.45, 7) is 0. The van der Waals surface area contributed by atoms with Crippen LogP contribution in [0.15, 0.2) is 96.5 Å². The number of carbonyl (C=O) groups is 1. The molecule has 0 bridgehead atoms. The number of fused-ring (bicyclic) bond motifs is 2. The first-order valence-electron chi connectivity index (χ1n) is 11.1. The third-order valence-corrected chi connectivity index (χ3v) is 7.15. The van der Waals surface area contributed by atoms with E-state index in [1.165, 1.54) is 21.2 Å². The van der Waals surface area contributed by atoms with Gasteiger partial charge in [-0.05, 0) is 28.0 Å². The lowest BCUT2D eigenvalue weighted by molar-refractivity contribution is -0.552. The Bertz CT molecular complexity index is 1460. The number of carbonyl (C=O) groups excluding carboxylic acids is 1. The first kappa shape index (κ1) is 19.8. The molecule has 3 heterocycles. The molecule has 5 heteroatoms. The van der Waals surface area contributed by atoms with Gasteiger partial charge in [0.25, 0.3) is 0 Å². The lowest BCUT2D eigenvalue weighted by atomic mass is 10.1. The number of rotatable bonds is 5. The second-order valence-corrected chi connectivity index (χ2v) is 9.23. The number of hydrogen-bond donors (Lipinski definition) is 1. The van der Waals surface area contributed by atoms with Crippen molar-refractivity contribution < 1.29 is 9.36 Å². The molecule has 3 aromatic carbocycles. The molecule has 0 aliphatic carbocycles. The van der Waals surface area contributed by atoms with E-state index < -0.39 is 0 Å². The summed E-state index contributed by atoms with van der Waals surface area (Å²) in [5, 5.41) is 6.91. The normalized spacial score (nSPS) is 14.9. The maximum Gasteiger partial charge on any atom is 0.359 e. The zero-order chi connectivity index (χ0) is 22.2. The molecule has 2 aromatic heterocycles. The highest BCUT2D eigenvalue weighted by Crippen LogP contribution is 2.29. The molecule has 0 fully saturated rings. The van der Waals surface area contributed by atoms with Crippen molar-refractivity contribution in [1.29, 1.82) is 0 Å². The minimum absolute atomic E-state index is 0.0640. The van der Waals surface area contributed by atoms with Crippen molar-refractivity contribution in [2.75, 3.05) is 5.32 Å². The zero-order valence-corrected chi connectivity index (χ0v) is 18.8. The summed E-state index contributed by atoms with van der Waals surface area (Å²) in [5.41, 5.74) is 5.06. The summed E-state index contributed by atoms with van der Waals surface area (Å²) in [6.07, 6.45) is 3.18. The summed E-state index contributed by atoms with van der Waals surface area (Å²) in [6, 6.07) is 28.4. The second-order valence-electron chi connectivity index (χ2n) is 8.32. The average Bonchev–Trinajstić information content (AvgIpc) is 3.42. The Balaban J connectivity index is 1.40. The van der Waals surface area contributed by atoms with Crippen LogP contribution in [0.1, 0.15) is 21.6 Å². The molecular weight excluding hydrogens is 426 g/mol. The standard InChI is InChI=1S/C28H21N3OS/c32-28-24(16-21-18-33-26-14-8-7-13-22(21)26)30-27-23(15-19-9-3-1-4-10-19)29-25(17-31(27)28)20-11-5-2-6-12-20/h1-14,17-18,24H,15-16H2/p+1. The van der Waals surface area contributed by atoms with Crippen molar-refractivity contribution in [3.05, 3.63) is 113 Å². The smallest absolute Gasteiger partial charge is 0.258 e. The molecule has 1 unspecified atom stereocenters. The molecule has 1 aliphatic rings. The van der Waals surface area contributed by atoms with Crippen molar-refractivity contribution >= 4 is 33.1 Å². The van der Waals surface area contributed by atoms with Crippen LogP contribution >= 0.6 is 11.3 Å². The minimum Gasteiger partial charge on any atom is -0.258 e. The maximum atomic E-state index is 13.5. The van der Waals surface area contributed by atoms with Gasteiger partial charge in [-0.1, -0.05) is 78.9 Å². The van der Waals surface area contributed by atoms with Gasteiger partial charge >= 0.3 is 11.7 Å². The van der Waals surface area contributed by atoms with E-state index in [2.05, 4.69) is 47.1 Å². The summed E-state index contributed by atoms with van der Waals surface area (Å²) in [7, 11) is 0. The Morgan fingerprint density at radius 1 is 0.909 bits per heavy atom. The van der Waals surface area contributed by atoms with Crippen LogP contribution in [0.25, 0.3) is 21.3 Å². The van der Waals surface area contributed by atoms with E-state index in [9.17, 15) is 4.79 Å². The third kappa shape index (κ3) is 3.70. The van der Waals surface area contributed by atoms with E-state index >= 15 is 0 Å². The predicted molar refractivity (Wildman–Crippen MR) is 133 cm³/mol. The van der Waals surface area contributed by atoms with Crippen LogP contribution in [-0.2, 0) is 12.8 Å². The number of nitrogens with one attached hydrogen (secondary N) is 1. The number of aromatic nitrogens is 2. The third-order valence-electron chi connectivity index (χ3n) is 6.14. The second kappa shape index (κ2) is 8.26. The lowest BCUT2D eigenvalue weighted by Crippen LogP contribution is -2.44. The van der Waals surface area contributed by atoms with E-state index in [4.69, 9.17) is 4.98 Å². The zero-order valence-electron chi connectivity index (χ0n) is 17.9. The number of hydrogen-bond acceptors (Lipinski definition) is 4. The Hall–Kier alpha value is -3.83. The van der Waals surface area contributed by atoms with Crippen molar-refractivity contribution in [2.45, 2.75) is 18.9 Å². The van der Waals surface area contributed by atoms with Crippen molar-refractivity contribution in [3.8, 4) is 11.3 Å². The maximum absolute atomic E-state index is 13.5. The Morgan fingerprint density at radius 2 is 1.64 bits per heavy atom. The van der Waals surface area contributed by atoms with Gasteiger partial charge in [-0.3, -0.25) is 5.32 Å². The van der Waals surface area contributed by atoms with Crippen LogP contribution in [0.5, 0.6) is 0 Å². The van der Waals surface area contributed by atoms with Crippen LogP contribution in [0.4, 0.5) is 5.82 Å². The molecule has 0 amide bonds. The fraction of sp³-hybridized carbons (Fsp3) is 0.107. The molecule has 1 N–H and O–H groups in total. The van der Waals surface area contributed by atoms with Crippen LogP contribution in [0.2, 0.25) is 0 Å². The van der Waals surface area contributed by atoms with E-state index in [1.807, 2.05) is 54.7 Å². The number of anilines is 1.